The van der Waals surface area contributed by atoms with E-state index < -0.39 is 29.1 Å². The van der Waals surface area contributed by atoms with Gasteiger partial charge < -0.3 is 23.8 Å². The molecule has 1 atom stereocenters. The largest absolute Gasteiger partial charge is 0.493 e. The lowest BCUT2D eigenvalue weighted by Crippen LogP contribution is -2.53. The van der Waals surface area contributed by atoms with Crippen molar-refractivity contribution in [3.8, 4) is 17.2 Å². The zero-order valence-electron chi connectivity index (χ0n) is 20.4. The maximum atomic E-state index is 12.8. The molecule has 0 N–H and O–H groups in total. The van der Waals surface area contributed by atoms with Crippen LogP contribution in [0.4, 0.5) is 0 Å². The van der Waals surface area contributed by atoms with E-state index in [1.165, 1.54) is 19.1 Å². The van der Waals surface area contributed by atoms with Crippen LogP contribution in [0.1, 0.15) is 52.0 Å². The Bertz CT molecular complexity index is 891. The number of piperidine rings is 1. The second kappa shape index (κ2) is 11.7. The standard InChI is InChI=1S/C25H35NO7/c1-7-25(2,3)22(27)23(28)26-15-9-8-12-18(26)24(29)33-16-10-11-17-13-14-19(30-4)21(32-6)20(17)31-5/h10-11,13-14,18H,7-9,12,15-16H2,1-6H3/b11-10+. The maximum Gasteiger partial charge on any atom is 0.329 e. The first kappa shape index (κ1) is 26.2. The van der Waals surface area contributed by atoms with E-state index in [2.05, 4.69) is 0 Å². The summed E-state index contributed by atoms with van der Waals surface area (Å²) in [4.78, 5) is 39.6. The Morgan fingerprint density at radius 3 is 2.36 bits per heavy atom. The molecule has 1 unspecified atom stereocenters. The number of hydrogen-bond donors (Lipinski definition) is 0. The van der Waals surface area contributed by atoms with Crippen molar-refractivity contribution in [2.45, 2.75) is 52.5 Å². The molecule has 0 spiro atoms. The topological polar surface area (TPSA) is 91.4 Å². The molecule has 182 valence electrons. The highest BCUT2D eigenvalue weighted by atomic mass is 16.5. The van der Waals surface area contributed by atoms with Gasteiger partial charge in [-0.05, 0) is 43.9 Å². The molecule has 1 saturated heterocycles. The van der Waals surface area contributed by atoms with Crippen molar-refractivity contribution in [2.75, 3.05) is 34.5 Å². The summed E-state index contributed by atoms with van der Waals surface area (Å²) < 4.78 is 21.5. The monoisotopic (exact) mass is 461 g/mol. The maximum absolute atomic E-state index is 12.8. The number of likely N-dealkylation sites (tertiary alicyclic amines) is 1. The second-order valence-electron chi connectivity index (χ2n) is 8.53. The molecule has 1 aromatic rings. The number of ether oxygens (including phenoxy) is 4. The van der Waals surface area contributed by atoms with Crippen LogP contribution in [-0.2, 0) is 19.1 Å². The Labute approximate surface area is 195 Å². The first-order valence-electron chi connectivity index (χ1n) is 11.2. The van der Waals surface area contributed by atoms with Crippen molar-refractivity contribution in [3.63, 3.8) is 0 Å². The highest BCUT2D eigenvalue weighted by Crippen LogP contribution is 2.40. The fraction of sp³-hybridized carbons (Fsp3) is 0.560. The second-order valence-corrected chi connectivity index (χ2v) is 8.53. The van der Waals surface area contributed by atoms with E-state index in [4.69, 9.17) is 18.9 Å². The average Bonchev–Trinajstić information content (AvgIpc) is 2.84. The molecule has 0 saturated carbocycles. The molecule has 8 heteroatoms. The Kier molecular flexibility index (Phi) is 9.32. The highest BCUT2D eigenvalue weighted by molar-refractivity contribution is 6.38. The van der Waals surface area contributed by atoms with Gasteiger partial charge in [-0.2, -0.15) is 0 Å². The minimum absolute atomic E-state index is 0.0171. The number of carbonyl (C=O) groups excluding carboxylic acids is 3. The third-order valence-electron chi connectivity index (χ3n) is 6.08. The average molecular weight is 462 g/mol. The lowest BCUT2D eigenvalue weighted by atomic mass is 9.84. The Hall–Kier alpha value is -3.03. The van der Waals surface area contributed by atoms with Crippen molar-refractivity contribution in [3.05, 3.63) is 23.8 Å². The van der Waals surface area contributed by atoms with Crippen molar-refractivity contribution >= 4 is 23.7 Å². The summed E-state index contributed by atoms with van der Waals surface area (Å²) in [7, 11) is 4.60. The van der Waals surface area contributed by atoms with Crippen LogP contribution in [0.5, 0.6) is 17.2 Å². The van der Waals surface area contributed by atoms with Crippen LogP contribution >= 0.6 is 0 Å². The molecule has 0 aliphatic carbocycles. The number of ketones is 1. The van der Waals surface area contributed by atoms with Crippen molar-refractivity contribution in [1.82, 2.24) is 4.90 Å². The van der Waals surface area contributed by atoms with Gasteiger partial charge in [-0.25, -0.2) is 4.79 Å². The van der Waals surface area contributed by atoms with Crippen LogP contribution in [-0.4, -0.2) is 63.1 Å². The SMILES string of the molecule is CCC(C)(C)C(=O)C(=O)N1CCCCC1C(=O)OC/C=C/c1ccc(OC)c(OC)c1OC. The number of nitrogens with zero attached hydrogens (tertiary/aromatic N) is 1. The predicted molar refractivity (Wildman–Crippen MR) is 125 cm³/mol. The molecule has 0 radical (unpaired) electrons. The van der Waals surface area contributed by atoms with E-state index in [0.717, 1.165) is 18.4 Å². The zero-order chi connectivity index (χ0) is 24.6. The molecule has 0 aromatic heterocycles. The summed E-state index contributed by atoms with van der Waals surface area (Å²) in [6, 6.07) is 2.82. The van der Waals surface area contributed by atoms with Gasteiger partial charge in [0, 0.05) is 17.5 Å². The summed E-state index contributed by atoms with van der Waals surface area (Å²) in [5.41, 5.74) is -0.0300. The van der Waals surface area contributed by atoms with Crippen LogP contribution in [0.2, 0.25) is 0 Å². The predicted octanol–water partition coefficient (Wildman–Crippen LogP) is 3.66. The highest BCUT2D eigenvalue weighted by Gasteiger charge is 2.40. The number of carbonyl (C=O) groups is 3. The lowest BCUT2D eigenvalue weighted by molar-refractivity contribution is -0.160. The molecule has 1 heterocycles. The normalized spacial score (nSPS) is 16.4. The number of methoxy groups -OCH3 is 3. The lowest BCUT2D eigenvalue weighted by Gasteiger charge is -2.35. The number of rotatable bonds is 10. The van der Waals surface area contributed by atoms with E-state index >= 15 is 0 Å². The number of amides is 1. The summed E-state index contributed by atoms with van der Waals surface area (Å²) in [5, 5.41) is 0. The number of benzene rings is 1. The molecule has 1 amide bonds. The van der Waals surface area contributed by atoms with Crippen LogP contribution < -0.4 is 14.2 Å². The quantitative estimate of drug-likeness (QED) is 0.388. The minimum Gasteiger partial charge on any atom is -0.493 e. The number of esters is 1. The Morgan fingerprint density at radius 2 is 1.76 bits per heavy atom. The van der Waals surface area contributed by atoms with Gasteiger partial charge in [-0.3, -0.25) is 9.59 Å². The molecule has 1 aliphatic rings. The van der Waals surface area contributed by atoms with Crippen LogP contribution in [0.25, 0.3) is 6.08 Å². The molecular weight excluding hydrogens is 426 g/mol. The zero-order valence-corrected chi connectivity index (χ0v) is 20.4. The molecule has 0 bridgehead atoms. The van der Waals surface area contributed by atoms with Gasteiger partial charge in [0.05, 0.1) is 21.3 Å². The molecule has 1 aromatic carbocycles. The molecular formula is C25H35NO7. The van der Waals surface area contributed by atoms with Crippen LogP contribution in [0.15, 0.2) is 18.2 Å². The first-order chi connectivity index (χ1) is 15.7. The van der Waals surface area contributed by atoms with Crippen molar-refractivity contribution in [2.24, 2.45) is 5.41 Å². The van der Waals surface area contributed by atoms with Gasteiger partial charge in [-0.15, -0.1) is 0 Å². The fourth-order valence-corrected chi connectivity index (χ4v) is 3.66. The third-order valence-corrected chi connectivity index (χ3v) is 6.08. The van der Waals surface area contributed by atoms with Gasteiger partial charge in [0.1, 0.15) is 12.6 Å². The van der Waals surface area contributed by atoms with Gasteiger partial charge in [0.25, 0.3) is 5.91 Å². The smallest absolute Gasteiger partial charge is 0.329 e. The van der Waals surface area contributed by atoms with Crippen molar-refractivity contribution < 1.29 is 33.3 Å². The molecule has 8 nitrogen and oxygen atoms in total. The Morgan fingerprint density at radius 1 is 1.06 bits per heavy atom. The van der Waals surface area contributed by atoms with E-state index in [0.29, 0.717) is 36.6 Å². The molecule has 33 heavy (non-hydrogen) atoms. The Balaban J connectivity index is 2.07. The van der Waals surface area contributed by atoms with Crippen LogP contribution in [0, 0.1) is 5.41 Å². The first-order valence-corrected chi connectivity index (χ1v) is 11.2. The molecule has 2 rings (SSSR count). The van der Waals surface area contributed by atoms with E-state index in [-0.39, 0.29) is 6.61 Å². The fourth-order valence-electron chi connectivity index (χ4n) is 3.66. The number of hydrogen-bond acceptors (Lipinski definition) is 7. The minimum atomic E-state index is -0.760. The van der Waals surface area contributed by atoms with Gasteiger partial charge in [-0.1, -0.05) is 26.8 Å². The summed E-state index contributed by atoms with van der Waals surface area (Å²) in [6.07, 6.45) is 6.03. The van der Waals surface area contributed by atoms with Gasteiger partial charge in [0.15, 0.2) is 11.5 Å². The molecule has 1 aliphatic heterocycles. The van der Waals surface area contributed by atoms with E-state index in [1.807, 2.05) is 6.92 Å². The van der Waals surface area contributed by atoms with Crippen LogP contribution in [0.3, 0.4) is 0 Å². The summed E-state index contributed by atoms with van der Waals surface area (Å²) in [5.74, 6) is -0.0650. The summed E-state index contributed by atoms with van der Waals surface area (Å²) >= 11 is 0. The van der Waals surface area contributed by atoms with Crippen molar-refractivity contribution in [1.29, 1.82) is 0 Å². The number of Topliss-reactive ketones (excluding diaryl/α,β-unsaturated/α-hetero) is 1. The van der Waals surface area contributed by atoms with E-state index in [9.17, 15) is 14.4 Å². The third kappa shape index (κ3) is 6.06. The van der Waals surface area contributed by atoms with E-state index in [1.54, 1.807) is 45.2 Å². The van der Waals surface area contributed by atoms with Gasteiger partial charge >= 0.3 is 5.97 Å². The van der Waals surface area contributed by atoms with Gasteiger partial charge in [0.2, 0.25) is 11.5 Å². The molecule has 1 fully saturated rings. The summed E-state index contributed by atoms with van der Waals surface area (Å²) in [6.45, 7) is 5.76.